The monoisotopic (exact) mass is 443 g/mol. The fraction of sp³-hybridized carbons (Fsp3) is 0.417. The summed E-state index contributed by atoms with van der Waals surface area (Å²) < 4.78 is 16.0. The number of anilines is 1. The van der Waals surface area contributed by atoms with E-state index in [1.165, 1.54) is 0 Å². The van der Waals surface area contributed by atoms with Crippen LogP contribution in [0.3, 0.4) is 0 Å². The summed E-state index contributed by atoms with van der Waals surface area (Å²) in [7, 11) is 6.37. The first kappa shape index (κ1) is 25.0. The van der Waals surface area contributed by atoms with Crippen LogP contribution in [-0.4, -0.2) is 58.2 Å². The lowest BCUT2D eigenvalue weighted by molar-refractivity contribution is -0.123. The summed E-state index contributed by atoms with van der Waals surface area (Å²) in [6.07, 6.45) is 0. The predicted molar refractivity (Wildman–Crippen MR) is 125 cm³/mol. The van der Waals surface area contributed by atoms with Gasteiger partial charge in [0.05, 0.1) is 34.4 Å². The second-order valence-corrected chi connectivity index (χ2v) is 7.79. The minimum Gasteiger partial charge on any atom is -0.496 e. The van der Waals surface area contributed by atoms with Crippen molar-refractivity contribution in [3.63, 3.8) is 0 Å². The number of carbonyl (C=O) groups is 2. The zero-order chi connectivity index (χ0) is 23.8. The number of hydrogen-bond acceptors (Lipinski definition) is 6. The highest BCUT2D eigenvalue weighted by Crippen LogP contribution is 2.34. The Bertz CT molecular complexity index is 951. The minimum absolute atomic E-state index is 0.0783. The highest BCUT2D eigenvalue weighted by Gasteiger charge is 2.15. The zero-order valence-corrected chi connectivity index (χ0v) is 19.9. The smallest absolute Gasteiger partial charge is 0.238 e. The molecular weight excluding hydrogens is 410 g/mol. The third-order valence-corrected chi connectivity index (χ3v) is 5.03. The van der Waals surface area contributed by atoms with Gasteiger partial charge in [-0.3, -0.25) is 14.5 Å². The molecule has 0 saturated carbocycles. The van der Waals surface area contributed by atoms with Crippen LogP contribution in [0, 0.1) is 20.8 Å². The van der Waals surface area contributed by atoms with Gasteiger partial charge in [0.2, 0.25) is 11.8 Å². The lowest BCUT2D eigenvalue weighted by Crippen LogP contribution is -2.38. The number of nitrogens with zero attached hydrogens (tertiary/aromatic N) is 1. The zero-order valence-electron chi connectivity index (χ0n) is 19.9. The van der Waals surface area contributed by atoms with E-state index >= 15 is 0 Å². The number of amides is 2. The summed E-state index contributed by atoms with van der Waals surface area (Å²) in [4.78, 5) is 26.5. The van der Waals surface area contributed by atoms with Crippen LogP contribution in [0.1, 0.15) is 22.3 Å². The van der Waals surface area contributed by atoms with Crippen LogP contribution in [-0.2, 0) is 16.1 Å². The van der Waals surface area contributed by atoms with E-state index in [4.69, 9.17) is 14.2 Å². The van der Waals surface area contributed by atoms with Crippen molar-refractivity contribution >= 4 is 17.5 Å². The molecule has 2 amide bonds. The maximum Gasteiger partial charge on any atom is 0.238 e. The summed E-state index contributed by atoms with van der Waals surface area (Å²) in [6, 6.07) is 7.54. The molecule has 32 heavy (non-hydrogen) atoms. The first-order valence-corrected chi connectivity index (χ1v) is 10.3. The Morgan fingerprint density at radius 2 is 1.34 bits per heavy atom. The van der Waals surface area contributed by atoms with Crippen molar-refractivity contribution in [2.75, 3.05) is 46.8 Å². The first-order chi connectivity index (χ1) is 15.2. The number of carbonyl (C=O) groups excluding carboxylic acids is 2. The van der Waals surface area contributed by atoms with Crippen LogP contribution in [0.25, 0.3) is 0 Å². The van der Waals surface area contributed by atoms with Gasteiger partial charge in [-0.05, 0) is 45.0 Å². The fourth-order valence-corrected chi connectivity index (χ4v) is 3.58. The minimum atomic E-state index is -0.208. The number of nitrogens with one attached hydrogen (secondary N) is 2. The summed E-state index contributed by atoms with van der Waals surface area (Å²) in [6.45, 7) is 6.39. The normalized spacial score (nSPS) is 10.6. The maximum atomic E-state index is 12.5. The van der Waals surface area contributed by atoms with Gasteiger partial charge in [-0.25, -0.2) is 0 Å². The second-order valence-electron chi connectivity index (χ2n) is 7.79. The number of methoxy groups -OCH3 is 3. The van der Waals surface area contributed by atoms with E-state index in [1.807, 2.05) is 32.9 Å². The molecule has 0 aromatic heterocycles. The van der Waals surface area contributed by atoms with Crippen molar-refractivity contribution < 1.29 is 23.8 Å². The Morgan fingerprint density at radius 3 is 1.91 bits per heavy atom. The molecule has 0 aliphatic carbocycles. The van der Waals surface area contributed by atoms with Gasteiger partial charge in [0.1, 0.15) is 5.75 Å². The molecule has 0 spiro atoms. The van der Waals surface area contributed by atoms with Gasteiger partial charge >= 0.3 is 0 Å². The van der Waals surface area contributed by atoms with E-state index in [-0.39, 0.29) is 31.4 Å². The highest BCUT2D eigenvalue weighted by molar-refractivity contribution is 5.94. The molecule has 2 N–H and O–H groups in total. The largest absolute Gasteiger partial charge is 0.496 e. The fourth-order valence-electron chi connectivity index (χ4n) is 3.58. The van der Waals surface area contributed by atoms with Gasteiger partial charge in [-0.1, -0.05) is 17.7 Å². The Balaban J connectivity index is 1.91. The standard InChI is InChI=1S/C24H33N3O5/c1-15-8-16(2)24(17(3)9-15)26-23(29)14-27(4)13-22(28)25-12-18-10-20(31-6)21(32-7)11-19(18)30-5/h8-11H,12-14H2,1-7H3,(H,25,28)(H,26,29). The Labute approximate surface area is 189 Å². The number of likely N-dealkylation sites (N-methyl/N-ethyl adjacent to an activating group) is 1. The van der Waals surface area contributed by atoms with Crippen LogP contribution in [0.4, 0.5) is 5.69 Å². The predicted octanol–water partition coefficient (Wildman–Crippen LogP) is 2.82. The van der Waals surface area contributed by atoms with Gasteiger partial charge in [0.25, 0.3) is 0 Å². The Hall–Kier alpha value is -3.26. The average Bonchev–Trinajstić information content (AvgIpc) is 2.73. The van der Waals surface area contributed by atoms with Crippen molar-refractivity contribution in [2.45, 2.75) is 27.3 Å². The third-order valence-electron chi connectivity index (χ3n) is 5.03. The molecular formula is C24H33N3O5. The average molecular weight is 444 g/mol. The molecule has 8 nitrogen and oxygen atoms in total. The van der Waals surface area contributed by atoms with E-state index in [0.717, 1.165) is 27.9 Å². The molecule has 0 heterocycles. The topological polar surface area (TPSA) is 89.1 Å². The molecule has 8 heteroatoms. The number of rotatable bonds is 10. The van der Waals surface area contributed by atoms with Crippen molar-refractivity contribution in [1.29, 1.82) is 0 Å². The van der Waals surface area contributed by atoms with E-state index in [9.17, 15) is 9.59 Å². The maximum absolute atomic E-state index is 12.5. The molecule has 174 valence electrons. The van der Waals surface area contributed by atoms with E-state index in [1.54, 1.807) is 45.4 Å². The molecule has 0 radical (unpaired) electrons. The van der Waals surface area contributed by atoms with Crippen LogP contribution in [0.2, 0.25) is 0 Å². The Kier molecular flexibility index (Phi) is 8.90. The van der Waals surface area contributed by atoms with Crippen molar-refractivity contribution in [1.82, 2.24) is 10.2 Å². The third kappa shape index (κ3) is 6.62. The van der Waals surface area contributed by atoms with Gasteiger partial charge in [-0.2, -0.15) is 0 Å². The molecule has 2 aromatic carbocycles. The SMILES string of the molecule is COc1cc(OC)c(OC)cc1CNC(=O)CN(C)CC(=O)Nc1c(C)cc(C)cc1C. The van der Waals surface area contributed by atoms with Crippen LogP contribution in [0.5, 0.6) is 17.2 Å². The number of aryl methyl sites for hydroxylation is 3. The lowest BCUT2D eigenvalue weighted by atomic mass is 10.1. The number of hydrogen-bond donors (Lipinski definition) is 2. The van der Waals surface area contributed by atoms with E-state index in [0.29, 0.717) is 17.2 Å². The second kappa shape index (κ2) is 11.4. The van der Waals surface area contributed by atoms with E-state index < -0.39 is 0 Å². The Morgan fingerprint density at radius 1 is 0.812 bits per heavy atom. The van der Waals surface area contributed by atoms with Gasteiger partial charge in [-0.15, -0.1) is 0 Å². The summed E-state index contributed by atoms with van der Waals surface area (Å²) in [5, 5.41) is 5.80. The van der Waals surface area contributed by atoms with Crippen LogP contribution in [0.15, 0.2) is 24.3 Å². The van der Waals surface area contributed by atoms with Gasteiger partial charge in [0.15, 0.2) is 11.5 Å². The number of ether oxygens (including phenoxy) is 3. The molecule has 0 bridgehead atoms. The molecule has 0 saturated heterocycles. The van der Waals surface area contributed by atoms with E-state index in [2.05, 4.69) is 10.6 Å². The van der Waals surface area contributed by atoms with Gasteiger partial charge < -0.3 is 24.8 Å². The molecule has 0 atom stereocenters. The number of benzene rings is 2. The highest BCUT2D eigenvalue weighted by atomic mass is 16.5. The lowest BCUT2D eigenvalue weighted by Gasteiger charge is -2.18. The molecule has 0 aliphatic rings. The van der Waals surface area contributed by atoms with Crippen molar-refractivity contribution in [3.8, 4) is 17.2 Å². The quantitative estimate of drug-likeness (QED) is 0.587. The molecule has 0 aliphatic heterocycles. The van der Waals surface area contributed by atoms with Crippen LogP contribution < -0.4 is 24.8 Å². The molecule has 0 unspecified atom stereocenters. The van der Waals surface area contributed by atoms with Crippen LogP contribution >= 0.6 is 0 Å². The molecule has 2 aromatic rings. The summed E-state index contributed by atoms with van der Waals surface area (Å²) in [5.74, 6) is 1.30. The van der Waals surface area contributed by atoms with Gasteiger partial charge in [0, 0.05) is 23.9 Å². The van der Waals surface area contributed by atoms with Crippen molar-refractivity contribution in [3.05, 3.63) is 46.5 Å². The molecule has 0 fully saturated rings. The van der Waals surface area contributed by atoms with Crippen molar-refractivity contribution in [2.24, 2.45) is 0 Å². The molecule has 2 rings (SSSR count). The first-order valence-electron chi connectivity index (χ1n) is 10.3. The summed E-state index contributed by atoms with van der Waals surface area (Å²) >= 11 is 0. The summed E-state index contributed by atoms with van der Waals surface area (Å²) in [5.41, 5.74) is 4.75.